The zero-order valence-electron chi connectivity index (χ0n) is 15.7. The number of rotatable bonds is 7. The molecule has 0 saturated heterocycles. The van der Waals surface area contributed by atoms with E-state index in [1.807, 2.05) is 6.92 Å². The van der Waals surface area contributed by atoms with E-state index in [4.69, 9.17) is 16.3 Å². The maximum atomic E-state index is 12.4. The van der Waals surface area contributed by atoms with Crippen molar-refractivity contribution in [2.24, 2.45) is 0 Å². The lowest BCUT2D eigenvalue weighted by Crippen LogP contribution is -2.30. The molecule has 1 heterocycles. The highest BCUT2D eigenvalue weighted by molar-refractivity contribution is 8.00. The minimum atomic E-state index is -0.673. The Morgan fingerprint density at radius 1 is 1.21 bits per heavy atom. The molecule has 1 unspecified atom stereocenters. The maximum absolute atomic E-state index is 12.4. The van der Waals surface area contributed by atoms with Crippen LogP contribution in [0.1, 0.15) is 23.6 Å². The van der Waals surface area contributed by atoms with Gasteiger partial charge in [-0.2, -0.15) is 0 Å². The monoisotopic (exact) mass is 433 g/mol. The predicted octanol–water partition coefficient (Wildman–Crippen LogP) is 5.51. The van der Waals surface area contributed by atoms with E-state index in [9.17, 15) is 4.79 Å². The second-order valence-corrected chi connectivity index (χ2v) is 8.91. The molecule has 8 heteroatoms. The van der Waals surface area contributed by atoms with E-state index >= 15 is 0 Å². The number of carbonyl (C=O) groups is 1. The summed E-state index contributed by atoms with van der Waals surface area (Å²) in [7, 11) is 0. The van der Waals surface area contributed by atoms with Crippen molar-refractivity contribution in [1.29, 1.82) is 0 Å². The summed E-state index contributed by atoms with van der Waals surface area (Å²) in [5, 5.41) is 12.0. The zero-order valence-corrected chi connectivity index (χ0v) is 18.1. The maximum Gasteiger partial charge on any atom is 0.266 e. The first-order valence-electron chi connectivity index (χ1n) is 8.66. The van der Waals surface area contributed by atoms with Gasteiger partial charge in [0.05, 0.1) is 0 Å². The van der Waals surface area contributed by atoms with Gasteiger partial charge in [-0.05, 0) is 50.1 Å². The predicted molar refractivity (Wildman–Crippen MR) is 116 cm³/mol. The molecule has 0 radical (unpaired) electrons. The SMILES string of the molecule is Cc1ccc(CSc2nnc(NC(=O)C(C)Oc3ccc(Cl)c(C)c3)s2)cc1. The van der Waals surface area contributed by atoms with Crippen LogP contribution >= 0.6 is 34.7 Å². The Bertz CT molecular complexity index is 960. The molecule has 28 heavy (non-hydrogen) atoms. The standard InChI is InChI=1S/C20H20ClN3O2S2/c1-12-4-6-15(7-5-12)11-27-20-24-23-19(28-20)22-18(25)14(3)26-16-8-9-17(21)13(2)10-16/h4-10,14H,11H2,1-3H3,(H,22,23,25). The summed E-state index contributed by atoms with van der Waals surface area (Å²) in [4.78, 5) is 12.4. The zero-order chi connectivity index (χ0) is 20.1. The van der Waals surface area contributed by atoms with Crippen LogP contribution in [-0.4, -0.2) is 22.2 Å². The molecule has 2 aromatic carbocycles. The van der Waals surface area contributed by atoms with E-state index in [2.05, 4.69) is 46.7 Å². The highest BCUT2D eigenvalue weighted by atomic mass is 35.5. The van der Waals surface area contributed by atoms with Crippen LogP contribution in [0.5, 0.6) is 5.75 Å². The molecule has 0 fully saturated rings. The quantitative estimate of drug-likeness (QED) is 0.393. The molecule has 0 saturated carbocycles. The smallest absolute Gasteiger partial charge is 0.266 e. The van der Waals surface area contributed by atoms with Crippen LogP contribution in [0, 0.1) is 13.8 Å². The Balaban J connectivity index is 1.52. The molecule has 5 nitrogen and oxygen atoms in total. The minimum Gasteiger partial charge on any atom is -0.481 e. The first-order chi connectivity index (χ1) is 13.4. The van der Waals surface area contributed by atoms with E-state index in [0.717, 1.165) is 15.7 Å². The summed E-state index contributed by atoms with van der Waals surface area (Å²) in [6.45, 7) is 5.64. The third-order valence-corrected chi connectivity index (χ3v) is 6.40. The molecular weight excluding hydrogens is 414 g/mol. The molecule has 1 N–H and O–H groups in total. The lowest BCUT2D eigenvalue weighted by Gasteiger charge is -2.14. The topological polar surface area (TPSA) is 64.1 Å². The van der Waals surface area contributed by atoms with Crippen LogP contribution in [0.3, 0.4) is 0 Å². The number of nitrogens with zero attached hydrogens (tertiary/aromatic N) is 2. The van der Waals surface area contributed by atoms with Gasteiger partial charge >= 0.3 is 0 Å². The van der Waals surface area contributed by atoms with Gasteiger partial charge < -0.3 is 4.74 Å². The number of anilines is 1. The van der Waals surface area contributed by atoms with Crippen LogP contribution in [0.15, 0.2) is 46.8 Å². The van der Waals surface area contributed by atoms with Crippen molar-refractivity contribution in [3.05, 3.63) is 64.2 Å². The van der Waals surface area contributed by atoms with Gasteiger partial charge in [0.25, 0.3) is 5.91 Å². The molecule has 0 bridgehead atoms. The lowest BCUT2D eigenvalue weighted by atomic mass is 10.2. The van der Waals surface area contributed by atoms with Crippen molar-refractivity contribution >= 4 is 45.7 Å². The molecule has 0 aliphatic heterocycles. The minimum absolute atomic E-state index is 0.279. The highest BCUT2D eigenvalue weighted by Crippen LogP contribution is 2.28. The average molecular weight is 434 g/mol. The van der Waals surface area contributed by atoms with Crippen LogP contribution in [-0.2, 0) is 10.5 Å². The largest absolute Gasteiger partial charge is 0.481 e. The van der Waals surface area contributed by atoms with E-state index in [0.29, 0.717) is 15.9 Å². The van der Waals surface area contributed by atoms with Gasteiger partial charge in [-0.25, -0.2) is 0 Å². The van der Waals surface area contributed by atoms with Gasteiger partial charge in [0.1, 0.15) is 5.75 Å². The summed E-state index contributed by atoms with van der Waals surface area (Å²) in [6, 6.07) is 13.7. The van der Waals surface area contributed by atoms with E-state index in [1.165, 1.54) is 22.5 Å². The first-order valence-corrected chi connectivity index (χ1v) is 10.8. The Labute approximate surface area is 177 Å². The van der Waals surface area contributed by atoms with Crippen LogP contribution < -0.4 is 10.1 Å². The van der Waals surface area contributed by atoms with Crippen molar-refractivity contribution < 1.29 is 9.53 Å². The van der Waals surface area contributed by atoms with Gasteiger partial charge in [-0.3, -0.25) is 10.1 Å². The number of ether oxygens (including phenoxy) is 1. The van der Waals surface area contributed by atoms with E-state index in [-0.39, 0.29) is 5.91 Å². The molecular formula is C20H20ClN3O2S2. The Hall–Kier alpha value is -2.09. The lowest BCUT2D eigenvalue weighted by molar-refractivity contribution is -0.122. The molecule has 1 atom stereocenters. The number of hydrogen-bond donors (Lipinski definition) is 1. The molecule has 0 aliphatic carbocycles. The molecule has 0 aliphatic rings. The van der Waals surface area contributed by atoms with Crippen LogP contribution in [0.2, 0.25) is 5.02 Å². The summed E-state index contributed by atoms with van der Waals surface area (Å²) < 4.78 is 6.49. The van der Waals surface area contributed by atoms with Gasteiger partial charge in [-0.1, -0.05) is 64.5 Å². The fraction of sp³-hybridized carbons (Fsp3) is 0.250. The van der Waals surface area contributed by atoms with Crippen molar-refractivity contribution in [1.82, 2.24) is 10.2 Å². The summed E-state index contributed by atoms with van der Waals surface area (Å²) in [6.07, 6.45) is -0.673. The number of halogens is 1. The second-order valence-electron chi connectivity index (χ2n) is 6.31. The van der Waals surface area contributed by atoms with Gasteiger partial charge in [0, 0.05) is 10.8 Å². The van der Waals surface area contributed by atoms with Crippen molar-refractivity contribution in [2.45, 2.75) is 37.0 Å². The summed E-state index contributed by atoms with van der Waals surface area (Å²) in [5.74, 6) is 1.12. The van der Waals surface area contributed by atoms with E-state index in [1.54, 1.807) is 36.9 Å². The molecule has 3 rings (SSSR count). The van der Waals surface area contributed by atoms with Gasteiger partial charge in [0.15, 0.2) is 10.4 Å². The second kappa shape index (κ2) is 9.41. The third kappa shape index (κ3) is 5.70. The molecule has 1 amide bonds. The van der Waals surface area contributed by atoms with Crippen molar-refractivity contribution in [3.8, 4) is 5.75 Å². The molecule has 3 aromatic rings. The number of nitrogens with one attached hydrogen (secondary N) is 1. The number of hydrogen-bond acceptors (Lipinski definition) is 6. The Morgan fingerprint density at radius 2 is 1.96 bits per heavy atom. The normalized spacial score (nSPS) is 11.9. The Morgan fingerprint density at radius 3 is 2.68 bits per heavy atom. The average Bonchev–Trinajstić information content (AvgIpc) is 3.11. The highest BCUT2D eigenvalue weighted by Gasteiger charge is 2.17. The third-order valence-electron chi connectivity index (χ3n) is 3.93. The number of amides is 1. The molecule has 0 spiro atoms. The number of carbonyl (C=O) groups excluding carboxylic acids is 1. The molecule has 1 aromatic heterocycles. The fourth-order valence-corrected chi connectivity index (χ4v) is 4.13. The summed E-state index contributed by atoms with van der Waals surface area (Å²) in [5.41, 5.74) is 3.35. The number of thioether (sulfide) groups is 1. The first kappa shape index (κ1) is 20.6. The van der Waals surface area contributed by atoms with Crippen molar-refractivity contribution in [2.75, 3.05) is 5.32 Å². The van der Waals surface area contributed by atoms with E-state index < -0.39 is 6.10 Å². The van der Waals surface area contributed by atoms with Gasteiger partial charge in [0.2, 0.25) is 5.13 Å². The van der Waals surface area contributed by atoms with Crippen LogP contribution in [0.25, 0.3) is 0 Å². The number of aromatic nitrogens is 2. The Kier molecular flexibility index (Phi) is 6.93. The molecule has 146 valence electrons. The van der Waals surface area contributed by atoms with Gasteiger partial charge in [-0.15, -0.1) is 10.2 Å². The fourth-order valence-electron chi connectivity index (χ4n) is 2.30. The van der Waals surface area contributed by atoms with Crippen LogP contribution in [0.4, 0.5) is 5.13 Å². The number of aryl methyl sites for hydroxylation is 2. The van der Waals surface area contributed by atoms with Crippen molar-refractivity contribution in [3.63, 3.8) is 0 Å². The summed E-state index contributed by atoms with van der Waals surface area (Å²) >= 11 is 8.95. The number of benzene rings is 2.